The van der Waals surface area contributed by atoms with Gasteiger partial charge in [-0.3, -0.25) is 9.69 Å². The second-order valence-corrected chi connectivity index (χ2v) is 5.61. The molecule has 0 aromatic heterocycles. The van der Waals surface area contributed by atoms with Crippen molar-refractivity contribution >= 4 is 5.97 Å². The van der Waals surface area contributed by atoms with Crippen molar-refractivity contribution in [1.82, 2.24) is 4.90 Å². The fourth-order valence-corrected chi connectivity index (χ4v) is 3.05. The van der Waals surface area contributed by atoms with Gasteiger partial charge in [0, 0.05) is 12.1 Å². The minimum atomic E-state index is -0.718. The number of benzene rings is 1. The molecular weight excluding hydrogens is 238 g/mol. The molecule has 1 saturated heterocycles. The molecule has 1 aromatic carbocycles. The maximum absolute atomic E-state index is 11.2. The van der Waals surface area contributed by atoms with E-state index in [1.807, 2.05) is 6.07 Å². The predicted octanol–water partition coefficient (Wildman–Crippen LogP) is 3.39. The third kappa shape index (κ3) is 3.57. The number of rotatable bonds is 4. The fraction of sp³-hybridized carbons (Fsp3) is 0.562. The summed E-state index contributed by atoms with van der Waals surface area (Å²) in [7, 11) is 0. The lowest BCUT2D eigenvalue weighted by Gasteiger charge is -2.39. The lowest BCUT2D eigenvalue weighted by molar-refractivity contribution is -0.138. The molecule has 0 spiro atoms. The van der Waals surface area contributed by atoms with Crippen molar-refractivity contribution < 1.29 is 9.90 Å². The maximum atomic E-state index is 11.2. The number of carboxylic acid groups (broad SMARTS) is 1. The summed E-state index contributed by atoms with van der Waals surface area (Å²) in [4.78, 5) is 13.6. The van der Waals surface area contributed by atoms with E-state index in [9.17, 15) is 9.90 Å². The number of likely N-dealkylation sites (tertiary alicyclic amines) is 1. The average molecular weight is 261 g/mol. The molecule has 1 aliphatic heterocycles. The standard InChI is InChI=1S/C16H23NO2/c1-12-6-5-8-14(10-12)15(11-16(18)19)17-9-4-3-7-13(17)2/h5-6,8,10,13,15H,3-4,7,9,11H2,1-2H3,(H,18,19). The van der Waals surface area contributed by atoms with Crippen molar-refractivity contribution in [1.29, 1.82) is 0 Å². The first kappa shape index (κ1) is 14.1. The van der Waals surface area contributed by atoms with Crippen molar-refractivity contribution in [2.24, 2.45) is 0 Å². The predicted molar refractivity (Wildman–Crippen MR) is 76.2 cm³/mol. The van der Waals surface area contributed by atoms with Crippen LogP contribution in [0.5, 0.6) is 0 Å². The van der Waals surface area contributed by atoms with Crippen LogP contribution in [-0.2, 0) is 4.79 Å². The Morgan fingerprint density at radius 2 is 2.26 bits per heavy atom. The zero-order valence-electron chi connectivity index (χ0n) is 11.8. The molecule has 1 aliphatic rings. The first-order valence-electron chi connectivity index (χ1n) is 7.12. The number of nitrogens with zero attached hydrogens (tertiary/aromatic N) is 1. The van der Waals surface area contributed by atoms with E-state index >= 15 is 0 Å². The Labute approximate surface area is 115 Å². The summed E-state index contributed by atoms with van der Waals surface area (Å²) in [6.45, 7) is 5.28. The summed E-state index contributed by atoms with van der Waals surface area (Å²) >= 11 is 0. The number of carbonyl (C=O) groups is 1. The van der Waals surface area contributed by atoms with Gasteiger partial charge in [-0.1, -0.05) is 36.2 Å². The van der Waals surface area contributed by atoms with Gasteiger partial charge in [0.25, 0.3) is 0 Å². The van der Waals surface area contributed by atoms with Crippen LogP contribution in [0.3, 0.4) is 0 Å². The molecule has 0 bridgehead atoms. The van der Waals surface area contributed by atoms with Crippen LogP contribution >= 0.6 is 0 Å². The molecule has 1 heterocycles. The summed E-state index contributed by atoms with van der Waals surface area (Å²) < 4.78 is 0. The molecule has 1 fully saturated rings. The molecule has 1 aromatic rings. The van der Waals surface area contributed by atoms with E-state index in [-0.39, 0.29) is 12.5 Å². The van der Waals surface area contributed by atoms with E-state index in [0.717, 1.165) is 12.1 Å². The zero-order chi connectivity index (χ0) is 13.8. The number of carboxylic acids is 1. The first-order chi connectivity index (χ1) is 9.08. The molecule has 3 nitrogen and oxygen atoms in total. The molecule has 0 radical (unpaired) electrons. The third-order valence-electron chi connectivity index (χ3n) is 4.05. The highest BCUT2D eigenvalue weighted by Crippen LogP contribution is 2.31. The van der Waals surface area contributed by atoms with Gasteiger partial charge in [-0.05, 0) is 38.8 Å². The Morgan fingerprint density at radius 3 is 2.89 bits per heavy atom. The van der Waals surface area contributed by atoms with E-state index in [2.05, 4.69) is 36.9 Å². The lowest BCUT2D eigenvalue weighted by Crippen LogP contribution is -2.41. The molecule has 1 N–H and O–H groups in total. The van der Waals surface area contributed by atoms with Crippen LogP contribution in [0.1, 0.15) is 49.8 Å². The van der Waals surface area contributed by atoms with E-state index in [4.69, 9.17) is 0 Å². The topological polar surface area (TPSA) is 40.5 Å². The van der Waals surface area contributed by atoms with Crippen LogP contribution in [0, 0.1) is 6.92 Å². The number of aliphatic carboxylic acids is 1. The van der Waals surface area contributed by atoms with Gasteiger partial charge in [0.05, 0.1) is 6.42 Å². The van der Waals surface area contributed by atoms with Gasteiger partial charge < -0.3 is 5.11 Å². The molecule has 2 unspecified atom stereocenters. The molecule has 0 amide bonds. The van der Waals surface area contributed by atoms with Gasteiger partial charge >= 0.3 is 5.97 Å². The van der Waals surface area contributed by atoms with E-state index in [1.165, 1.54) is 24.8 Å². The minimum Gasteiger partial charge on any atom is -0.481 e. The lowest BCUT2D eigenvalue weighted by atomic mass is 9.94. The zero-order valence-corrected chi connectivity index (χ0v) is 11.8. The Morgan fingerprint density at radius 1 is 1.47 bits per heavy atom. The Bertz CT molecular complexity index is 444. The minimum absolute atomic E-state index is 0.00713. The van der Waals surface area contributed by atoms with Crippen LogP contribution in [-0.4, -0.2) is 28.6 Å². The van der Waals surface area contributed by atoms with Gasteiger partial charge in [0.15, 0.2) is 0 Å². The Hall–Kier alpha value is -1.35. The smallest absolute Gasteiger partial charge is 0.305 e. The molecule has 0 saturated carbocycles. The van der Waals surface area contributed by atoms with Crippen molar-refractivity contribution in [2.45, 2.75) is 51.6 Å². The molecule has 0 aliphatic carbocycles. The van der Waals surface area contributed by atoms with Gasteiger partial charge in [-0.15, -0.1) is 0 Å². The molecule has 2 rings (SSSR count). The van der Waals surface area contributed by atoms with Crippen LogP contribution in [0.15, 0.2) is 24.3 Å². The average Bonchev–Trinajstić information content (AvgIpc) is 2.37. The number of aryl methyl sites for hydroxylation is 1. The maximum Gasteiger partial charge on any atom is 0.305 e. The molecule has 2 atom stereocenters. The van der Waals surface area contributed by atoms with Gasteiger partial charge in [0.1, 0.15) is 0 Å². The summed E-state index contributed by atoms with van der Waals surface area (Å²) in [5.41, 5.74) is 2.33. The Kier molecular flexibility index (Phi) is 4.59. The quantitative estimate of drug-likeness (QED) is 0.903. The summed E-state index contributed by atoms with van der Waals surface area (Å²) in [6.07, 6.45) is 3.78. The van der Waals surface area contributed by atoms with Gasteiger partial charge in [-0.25, -0.2) is 0 Å². The molecule has 19 heavy (non-hydrogen) atoms. The summed E-state index contributed by atoms with van der Waals surface area (Å²) in [6, 6.07) is 8.73. The van der Waals surface area contributed by atoms with Crippen molar-refractivity contribution in [3.8, 4) is 0 Å². The second kappa shape index (κ2) is 6.20. The highest BCUT2D eigenvalue weighted by atomic mass is 16.4. The van der Waals surface area contributed by atoms with Gasteiger partial charge in [-0.2, -0.15) is 0 Å². The third-order valence-corrected chi connectivity index (χ3v) is 4.05. The highest BCUT2D eigenvalue weighted by Gasteiger charge is 2.28. The summed E-state index contributed by atoms with van der Waals surface area (Å²) in [5.74, 6) is -0.718. The van der Waals surface area contributed by atoms with Crippen LogP contribution in [0.2, 0.25) is 0 Å². The van der Waals surface area contributed by atoms with E-state index in [0.29, 0.717) is 6.04 Å². The van der Waals surface area contributed by atoms with E-state index in [1.54, 1.807) is 0 Å². The number of piperidine rings is 1. The van der Waals surface area contributed by atoms with Crippen molar-refractivity contribution in [2.75, 3.05) is 6.54 Å². The first-order valence-corrected chi connectivity index (χ1v) is 7.12. The summed E-state index contributed by atoms with van der Waals surface area (Å²) in [5, 5.41) is 9.20. The van der Waals surface area contributed by atoms with Crippen LogP contribution in [0.25, 0.3) is 0 Å². The number of hydrogen-bond acceptors (Lipinski definition) is 2. The Balaban J connectivity index is 2.26. The molecule has 3 heteroatoms. The van der Waals surface area contributed by atoms with Crippen LogP contribution < -0.4 is 0 Å². The second-order valence-electron chi connectivity index (χ2n) is 5.61. The van der Waals surface area contributed by atoms with Gasteiger partial charge in [0.2, 0.25) is 0 Å². The molecular formula is C16H23NO2. The largest absolute Gasteiger partial charge is 0.481 e. The van der Waals surface area contributed by atoms with E-state index < -0.39 is 5.97 Å². The van der Waals surface area contributed by atoms with Crippen molar-refractivity contribution in [3.63, 3.8) is 0 Å². The fourth-order valence-electron chi connectivity index (χ4n) is 3.05. The highest BCUT2D eigenvalue weighted by molar-refractivity contribution is 5.68. The van der Waals surface area contributed by atoms with Crippen molar-refractivity contribution in [3.05, 3.63) is 35.4 Å². The van der Waals surface area contributed by atoms with Crippen LogP contribution in [0.4, 0.5) is 0 Å². The monoisotopic (exact) mass is 261 g/mol. The normalized spacial score (nSPS) is 22.1. The number of hydrogen-bond donors (Lipinski definition) is 1. The SMILES string of the molecule is Cc1cccc(C(CC(=O)O)N2CCCCC2C)c1. The molecule has 104 valence electrons.